The smallest absolute Gasteiger partial charge is 0.229 e. The molecule has 1 fully saturated rings. The van der Waals surface area contributed by atoms with Crippen LogP contribution in [0.5, 0.6) is 0 Å². The topological polar surface area (TPSA) is 49.4 Å². The van der Waals surface area contributed by atoms with Crippen LogP contribution in [0.2, 0.25) is 10.0 Å². The molecule has 3 rings (SSSR count). The summed E-state index contributed by atoms with van der Waals surface area (Å²) in [5.74, 6) is -0.695. The Kier molecular flexibility index (Phi) is 4.55. The van der Waals surface area contributed by atoms with Crippen LogP contribution in [0, 0.1) is 5.92 Å². The Morgan fingerprint density at radius 2 is 1.78 bits per heavy atom. The van der Waals surface area contributed by atoms with Crippen LogP contribution < -0.4 is 10.2 Å². The quantitative estimate of drug-likeness (QED) is 0.911. The first kappa shape index (κ1) is 15.8. The molecule has 1 heterocycles. The van der Waals surface area contributed by atoms with E-state index < -0.39 is 5.92 Å². The number of rotatable bonds is 3. The van der Waals surface area contributed by atoms with Gasteiger partial charge in [-0.15, -0.1) is 0 Å². The first-order chi connectivity index (χ1) is 11.0. The van der Waals surface area contributed by atoms with E-state index in [0.29, 0.717) is 28.0 Å². The van der Waals surface area contributed by atoms with E-state index in [0.717, 1.165) is 0 Å². The summed E-state index contributed by atoms with van der Waals surface area (Å²) in [6, 6.07) is 14.0. The number of para-hydroxylation sites is 1. The van der Waals surface area contributed by atoms with Crippen molar-refractivity contribution in [2.45, 2.75) is 6.42 Å². The summed E-state index contributed by atoms with van der Waals surface area (Å²) < 4.78 is 0. The van der Waals surface area contributed by atoms with Crippen molar-refractivity contribution in [1.82, 2.24) is 0 Å². The summed E-state index contributed by atoms with van der Waals surface area (Å²) in [5, 5.41) is 3.91. The Hall–Kier alpha value is -2.04. The Balaban J connectivity index is 1.71. The molecule has 1 aliphatic heterocycles. The van der Waals surface area contributed by atoms with Gasteiger partial charge in [0.05, 0.1) is 16.6 Å². The van der Waals surface area contributed by atoms with Crippen LogP contribution in [0.1, 0.15) is 6.42 Å². The zero-order valence-electron chi connectivity index (χ0n) is 12.1. The van der Waals surface area contributed by atoms with Crippen LogP contribution in [0.4, 0.5) is 11.4 Å². The second kappa shape index (κ2) is 6.60. The minimum Gasteiger partial charge on any atom is -0.326 e. The molecule has 0 bridgehead atoms. The molecule has 2 aromatic rings. The van der Waals surface area contributed by atoms with Crippen LogP contribution in [0.25, 0.3) is 0 Å². The molecule has 6 heteroatoms. The lowest BCUT2D eigenvalue weighted by molar-refractivity contribution is -0.122. The highest BCUT2D eigenvalue weighted by molar-refractivity contribution is 6.34. The minimum atomic E-state index is -0.408. The van der Waals surface area contributed by atoms with Gasteiger partial charge < -0.3 is 10.2 Å². The monoisotopic (exact) mass is 348 g/mol. The molecule has 1 atom stereocenters. The SMILES string of the molecule is O=C(Nc1ccc(Cl)cc1)[C@H]1CC(=O)N(c2ccccc2Cl)C1. The maximum absolute atomic E-state index is 12.4. The highest BCUT2D eigenvalue weighted by Crippen LogP contribution is 2.31. The van der Waals surface area contributed by atoms with E-state index in [9.17, 15) is 9.59 Å². The molecule has 4 nitrogen and oxygen atoms in total. The number of hydrogen-bond acceptors (Lipinski definition) is 2. The minimum absolute atomic E-state index is 0.102. The van der Waals surface area contributed by atoms with Gasteiger partial charge in [0.2, 0.25) is 11.8 Å². The van der Waals surface area contributed by atoms with Gasteiger partial charge in [-0.2, -0.15) is 0 Å². The number of hydrogen-bond donors (Lipinski definition) is 1. The van der Waals surface area contributed by atoms with Crippen molar-refractivity contribution in [2.75, 3.05) is 16.8 Å². The summed E-state index contributed by atoms with van der Waals surface area (Å²) in [4.78, 5) is 26.1. The number of carbonyl (C=O) groups excluding carboxylic acids is 2. The van der Waals surface area contributed by atoms with Crippen LogP contribution in [-0.4, -0.2) is 18.4 Å². The van der Waals surface area contributed by atoms with E-state index in [2.05, 4.69) is 5.32 Å². The second-order valence-electron chi connectivity index (χ2n) is 5.35. The largest absolute Gasteiger partial charge is 0.326 e. The van der Waals surface area contributed by atoms with Gasteiger partial charge in [0.1, 0.15) is 0 Å². The van der Waals surface area contributed by atoms with Crippen LogP contribution in [0.3, 0.4) is 0 Å². The Bertz CT molecular complexity index is 747. The molecule has 2 amide bonds. The molecule has 0 aliphatic carbocycles. The zero-order valence-corrected chi connectivity index (χ0v) is 13.6. The van der Waals surface area contributed by atoms with Crippen LogP contribution in [0.15, 0.2) is 48.5 Å². The fourth-order valence-electron chi connectivity index (χ4n) is 2.56. The van der Waals surface area contributed by atoms with Crippen molar-refractivity contribution >= 4 is 46.4 Å². The third-order valence-electron chi connectivity index (χ3n) is 3.75. The van der Waals surface area contributed by atoms with Gasteiger partial charge >= 0.3 is 0 Å². The summed E-state index contributed by atoms with van der Waals surface area (Å²) >= 11 is 12.0. The summed E-state index contributed by atoms with van der Waals surface area (Å²) in [5.41, 5.74) is 1.30. The third-order valence-corrected chi connectivity index (χ3v) is 4.32. The van der Waals surface area contributed by atoms with Gasteiger partial charge in [0.25, 0.3) is 0 Å². The lowest BCUT2D eigenvalue weighted by Gasteiger charge is -2.18. The highest BCUT2D eigenvalue weighted by Gasteiger charge is 2.35. The molecule has 0 spiro atoms. The zero-order chi connectivity index (χ0) is 16.4. The summed E-state index contributed by atoms with van der Waals surface area (Å²) in [6.07, 6.45) is 0.171. The number of nitrogens with one attached hydrogen (secondary N) is 1. The predicted molar refractivity (Wildman–Crippen MR) is 92.0 cm³/mol. The van der Waals surface area contributed by atoms with Gasteiger partial charge in [0.15, 0.2) is 0 Å². The molecule has 0 aromatic heterocycles. The van der Waals surface area contributed by atoms with E-state index >= 15 is 0 Å². The van der Waals surface area contributed by atoms with Gasteiger partial charge in [-0.25, -0.2) is 0 Å². The number of benzene rings is 2. The molecular weight excluding hydrogens is 335 g/mol. The van der Waals surface area contributed by atoms with E-state index in [4.69, 9.17) is 23.2 Å². The Labute approximate surface area is 144 Å². The summed E-state index contributed by atoms with van der Waals surface area (Å²) in [6.45, 7) is 0.321. The van der Waals surface area contributed by atoms with Gasteiger partial charge in [0, 0.05) is 23.7 Å². The van der Waals surface area contributed by atoms with Gasteiger partial charge in [-0.3, -0.25) is 9.59 Å². The van der Waals surface area contributed by atoms with Crippen molar-refractivity contribution in [3.8, 4) is 0 Å². The van der Waals surface area contributed by atoms with Crippen molar-refractivity contribution in [3.63, 3.8) is 0 Å². The van der Waals surface area contributed by atoms with Crippen molar-refractivity contribution < 1.29 is 9.59 Å². The maximum Gasteiger partial charge on any atom is 0.229 e. The second-order valence-corrected chi connectivity index (χ2v) is 6.20. The first-order valence-electron chi connectivity index (χ1n) is 7.16. The standard InChI is InChI=1S/C17H14Cl2N2O2/c18-12-5-7-13(8-6-12)20-17(23)11-9-16(22)21(10-11)15-4-2-1-3-14(15)19/h1-8,11H,9-10H2,(H,20,23)/t11-/m0/s1. The van der Waals surface area contributed by atoms with Crippen molar-refractivity contribution in [2.24, 2.45) is 5.92 Å². The number of nitrogens with zero attached hydrogens (tertiary/aromatic N) is 1. The molecule has 0 radical (unpaired) electrons. The van der Waals surface area contributed by atoms with E-state index in [1.54, 1.807) is 47.4 Å². The van der Waals surface area contributed by atoms with Gasteiger partial charge in [-0.05, 0) is 36.4 Å². The molecule has 0 unspecified atom stereocenters. The van der Waals surface area contributed by atoms with E-state index in [-0.39, 0.29) is 18.2 Å². The van der Waals surface area contributed by atoms with E-state index in [1.165, 1.54) is 0 Å². The Morgan fingerprint density at radius 1 is 1.09 bits per heavy atom. The maximum atomic E-state index is 12.4. The average Bonchev–Trinajstić information content (AvgIpc) is 2.92. The lowest BCUT2D eigenvalue weighted by Crippen LogP contribution is -2.28. The molecule has 1 N–H and O–H groups in total. The number of carbonyl (C=O) groups is 2. The molecule has 118 valence electrons. The van der Waals surface area contributed by atoms with Crippen molar-refractivity contribution in [1.29, 1.82) is 0 Å². The normalized spacial score (nSPS) is 17.4. The average molecular weight is 349 g/mol. The third kappa shape index (κ3) is 3.49. The number of anilines is 2. The first-order valence-corrected chi connectivity index (χ1v) is 7.91. The molecule has 1 aliphatic rings. The van der Waals surface area contributed by atoms with Gasteiger partial charge in [-0.1, -0.05) is 35.3 Å². The number of halogens is 2. The predicted octanol–water partition coefficient (Wildman–Crippen LogP) is 3.99. The lowest BCUT2D eigenvalue weighted by atomic mass is 10.1. The fourth-order valence-corrected chi connectivity index (χ4v) is 2.93. The highest BCUT2D eigenvalue weighted by atomic mass is 35.5. The summed E-state index contributed by atoms with van der Waals surface area (Å²) in [7, 11) is 0. The molecule has 0 saturated carbocycles. The molecule has 2 aromatic carbocycles. The fraction of sp³-hybridized carbons (Fsp3) is 0.176. The molecule has 23 heavy (non-hydrogen) atoms. The Morgan fingerprint density at radius 3 is 2.48 bits per heavy atom. The molecule has 1 saturated heterocycles. The van der Waals surface area contributed by atoms with Crippen LogP contribution in [-0.2, 0) is 9.59 Å². The van der Waals surface area contributed by atoms with E-state index in [1.807, 2.05) is 6.07 Å². The van der Waals surface area contributed by atoms with Crippen molar-refractivity contribution in [3.05, 3.63) is 58.6 Å². The molecular formula is C17H14Cl2N2O2. The van der Waals surface area contributed by atoms with Crippen LogP contribution >= 0.6 is 23.2 Å². The number of amides is 2.